The average molecular weight is 316 g/mol. The van der Waals surface area contributed by atoms with Gasteiger partial charge in [0.15, 0.2) is 0 Å². The Morgan fingerprint density at radius 2 is 1.91 bits per heavy atom. The van der Waals surface area contributed by atoms with Gasteiger partial charge in [0.25, 0.3) is 0 Å². The lowest BCUT2D eigenvalue weighted by atomic mass is 10.0. The summed E-state index contributed by atoms with van der Waals surface area (Å²) in [4.78, 5) is 2.08. The Bertz CT molecular complexity index is 471. The van der Waals surface area contributed by atoms with Crippen LogP contribution in [0.2, 0.25) is 0 Å². The maximum absolute atomic E-state index is 13.0. The topological polar surface area (TPSA) is 24.5 Å². The van der Waals surface area contributed by atoms with Gasteiger partial charge in [0.05, 0.1) is 12.2 Å². The monoisotopic (exact) mass is 316 g/mol. The molecule has 0 aromatic heterocycles. The second-order valence-corrected chi connectivity index (χ2v) is 5.56. The molecule has 22 heavy (non-hydrogen) atoms. The van der Waals surface area contributed by atoms with Gasteiger partial charge >= 0.3 is 6.18 Å². The third kappa shape index (κ3) is 4.61. The molecule has 1 aliphatic rings. The molecule has 0 saturated carbocycles. The predicted molar refractivity (Wildman–Crippen MR) is 81.1 cm³/mol. The Balaban J connectivity index is 2.19. The fourth-order valence-corrected chi connectivity index (χ4v) is 2.72. The highest BCUT2D eigenvalue weighted by Gasteiger charge is 2.31. The van der Waals surface area contributed by atoms with Crippen molar-refractivity contribution < 1.29 is 17.9 Å². The van der Waals surface area contributed by atoms with E-state index in [1.165, 1.54) is 12.1 Å². The van der Waals surface area contributed by atoms with Crippen LogP contribution in [-0.4, -0.2) is 33.4 Å². The third-order valence-corrected chi connectivity index (χ3v) is 3.91. The molecule has 1 saturated heterocycles. The number of nitrogens with one attached hydrogen (secondary N) is 1. The Morgan fingerprint density at radius 1 is 1.18 bits per heavy atom. The summed E-state index contributed by atoms with van der Waals surface area (Å²) in [5.74, 6) is 0. The van der Waals surface area contributed by atoms with E-state index in [0.717, 1.165) is 37.9 Å². The lowest BCUT2D eigenvalue weighted by Gasteiger charge is -2.31. The number of hydrogen-bond donors (Lipinski definition) is 1. The number of nitrogens with zero attached hydrogens (tertiary/aromatic N) is 1. The van der Waals surface area contributed by atoms with Gasteiger partial charge in [-0.05, 0) is 37.0 Å². The van der Waals surface area contributed by atoms with Gasteiger partial charge in [-0.1, -0.05) is 6.07 Å². The van der Waals surface area contributed by atoms with Gasteiger partial charge in [-0.3, -0.25) is 0 Å². The molecule has 1 aliphatic heterocycles. The molecule has 1 aromatic rings. The zero-order chi connectivity index (χ0) is 16.0. The molecule has 1 aromatic carbocycles. The second-order valence-electron chi connectivity index (χ2n) is 5.56. The molecule has 0 radical (unpaired) electrons. The van der Waals surface area contributed by atoms with Gasteiger partial charge in [-0.15, -0.1) is 0 Å². The first-order valence-electron chi connectivity index (χ1n) is 7.67. The van der Waals surface area contributed by atoms with Crippen LogP contribution >= 0.6 is 0 Å². The summed E-state index contributed by atoms with van der Waals surface area (Å²) in [6, 6.07) is 4.05. The van der Waals surface area contributed by atoms with Crippen molar-refractivity contribution in [2.75, 3.05) is 38.3 Å². The normalized spacial score (nSPS) is 16.1. The molecule has 3 nitrogen and oxygen atoms in total. The number of alkyl halides is 3. The minimum atomic E-state index is -4.30. The number of methoxy groups -OCH3 is 1. The minimum absolute atomic E-state index is 0.549. The highest BCUT2D eigenvalue weighted by atomic mass is 19.4. The van der Waals surface area contributed by atoms with E-state index in [2.05, 4.69) is 10.2 Å². The summed E-state index contributed by atoms with van der Waals surface area (Å²) >= 11 is 0. The van der Waals surface area contributed by atoms with E-state index in [9.17, 15) is 13.2 Å². The van der Waals surface area contributed by atoms with Gasteiger partial charge in [-0.25, -0.2) is 0 Å². The van der Waals surface area contributed by atoms with Gasteiger partial charge in [0.1, 0.15) is 0 Å². The third-order valence-electron chi connectivity index (χ3n) is 3.91. The molecule has 2 rings (SSSR count). The molecule has 0 aliphatic carbocycles. The van der Waals surface area contributed by atoms with Crippen molar-refractivity contribution in [3.8, 4) is 0 Å². The summed E-state index contributed by atoms with van der Waals surface area (Å²) in [7, 11) is 1.62. The summed E-state index contributed by atoms with van der Waals surface area (Å²) in [6.07, 6.45) is -1.08. The molecule has 0 bridgehead atoms. The maximum atomic E-state index is 13.0. The van der Waals surface area contributed by atoms with Crippen LogP contribution in [0.4, 0.5) is 18.9 Å². The molecule has 0 spiro atoms. The Labute approximate surface area is 129 Å². The zero-order valence-corrected chi connectivity index (χ0v) is 12.9. The first-order chi connectivity index (χ1) is 10.5. The predicted octanol–water partition coefficient (Wildman–Crippen LogP) is 3.43. The van der Waals surface area contributed by atoms with E-state index >= 15 is 0 Å². The van der Waals surface area contributed by atoms with Crippen molar-refractivity contribution >= 4 is 5.69 Å². The smallest absolute Gasteiger partial charge is 0.383 e. The van der Waals surface area contributed by atoms with Gasteiger partial charge < -0.3 is 15.0 Å². The fraction of sp³-hybridized carbons (Fsp3) is 0.625. The zero-order valence-electron chi connectivity index (χ0n) is 12.9. The van der Waals surface area contributed by atoms with E-state index in [4.69, 9.17) is 4.74 Å². The Hall–Kier alpha value is -1.27. The number of halogens is 3. The minimum Gasteiger partial charge on any atom is -0.383 e. The summed E-state index contributed by atoms with van der Waals surface area (Å²) in [5, 5.41) is 3.21. The van der Waals surface area contributed by atoms with Crippen molar-refractivity contribution in [1.29, 1.82) is 0 Å². The fourth-order valence-electron chi connectivity index (χ4n) is 2.72. The number of anilines is 1. The molecule has 0 unspecified atom stereocenters. The average Bonchev–Trinajstić information content (AvgIpc) is 2.51. The molecule has 0 atom stereocenters. The highest BCUT2D eigenvalue weighted by Crippen LogP contribution is 2.34. The van der Waals surface area contributed by atoms with Crippen LogP contribution in [-0.2, 0) is 17.5 Å². The van der Waals surface area contributed by atoms with Crippen LogP contribution in [0.3, 0.4) is 0 Å². The molecule has 1 fully saturated rings. The van der Waals surface area contributed by atoms with Crippen molar-refractivity contribution in [2.24, 2.45) is 0 Å². The Morgan fingerprint density at radius 3 is 2.55 bits per heavy atom. The number of hydrogen-bond acceptors (Lipinski definition) is 3. The van der Waals surface area contributed by atoms with Crippen LogP contribution in [0.1, 0.15) is 30.4 Å². The molecular formula is C16H23F3N2O. The molecule has 124 valence electrons. The molecular weight excluding hydrogens is 293 g/mol. The van der Waals surface area contributed by atoms with Gasteiger partial charge in [0, 0.05) is 39.0 Å². The summed E-state index contributed by atoms with van der Waals surface area (Å²) in [5.41, 5.74) is 1.04. The SMILES string of the molecule is COCCNCc1ccc(C(F)(F)F)cc1N1CCCCC1. The lowest BCUT2D eigenvalue weighted by Crippen LogP contribution is -2.31. The largest absolute Gasteiger partial charge is 0.416 e. The van der Waals surface area contributed by atoms with E-state index in [1.807, 2.05) is 0 Å². The van der Waals surface area contributed by atoms with Crippen LogP contribution in [0.5, 0.6) is 0 Å². The number of benzene rings is 1. The Kier molecular flexibility index (Phi) is 6.08. The summed E-state index contributed by atoms with van der Waals surface area (Å²) < 4.78 is 43.9. The number of ether oxygens (including phenoxy) is 1. The van der Waals surface area contributed by atoms with Gasteiger partial charge in [0.2, 0.25) is 0 Å². The molecule has 1 heterocycles. The standard InChI is InChI=1S/C16H23F3N2O/c1-22-10-7-20-12-13-5-6-14(16(17,18)19)11-15(13)21-8-3-2-4-9-21/h5-6,11,20H,2-4,7-10,12H2,1H3. The van der Waals surface area contributed by atoms with Crippen LogP contribution in [0, 0.1) is 0 Å². The van der Waals surface area contributed by atoms with Crippen molar-refractivity contribution in [3.05, 3.63) is 29.3 Å². The van der Waals surface area contributed by atoms with E-state index in [-0.39, 0.29) is 0 Å². The van der Waals surface area contributed by atoms with Crippen LogP contribution in [0.25, 0.3) is 0 Å². The van der Waals surface area contributed by atoms with E-state index in [0.29, 0.717) is 25.4 Å². The molecule has 6 heteroatoms. The second kappa shape index (κ2) is 7.83. The molecule has 1 N–H and O–H groups in total. The van der Waals surface area contributed by atoms with Crippen molar-refractivity contribution in [3.63, 3.8) is 0 Å². The lowest BCUT2D eigenvalue weighted by molar-refractivity contribution is -0.137. The van der Waals surface area contributed by atoms with Crippen molar-refractivity contribution in [1.82, 2.24) is 5.32 Å². The van der Waals surface area contributed by atoms with E-state index < -0.39 is 11.7 Å². The summed E-state index contributed by atoms with van der Waals surface area (Å²) in [6.45, 7) is 3.46. The van der Waals surface area contributed by atoms with Crippen LogP contribution < -0.4 is 10.2 Å². The quantitative estimate of drug-likeness (QED) is 0.814. The first-order valence-corrected chi connectivity index (χ1v) is 7.67. The first kappa shape index (κ1) is 17.1. The van der Waals surface area contributed by atoms with Crippen molar-refractivity contribution in [2.45, 2.75) is 32.0 Å². The van der Waals surface area contributed by atoms with E-state index in [1.54, 1.807) is 13.2 Å². The van der Waals surface area contributed by atoms with Crippen LogP contribution in [0.15, 0.2) is 18.2 Å². The van der Waals surface area contributed by atoms with Gasteiger partial charge in [-0.2, -0.15) is 13.2 Å². The highest BCUT2D eigenvalue weighted by molar-refractivity contribution is 5.56. The molecule has 0 amide bonds. The number of piperidine rings is 1. The maximum Gasteiger partial charge on any atom is 0.416 e. The number of rotatable bonds is 6.